The molecular weight excluding hydrogens is 322 g/mol. The van der Waals surface area contributed by atoms with Crippen LogP contribution >= 0.6 is 0 Å². The largest absolute Gasteiger partial charge is 0.465 e. The molecule has 2 aliphatic rings. The van der Waals surface area contributed by atoms with Crippen LogP contribution in [0.3, 0.4) is 0 Å². The Balaban J connectivity index is 1.74. The number of aryl methyl sites for hydroxylation is 1. The Kier molecular flexibility index (Phi) is 4.04. The number of aromatic nitrogens is 2. The highest BCUT2D eigenvalue weighted by atomic mass is 16.5. The first-order valence-corrected chi connectivity index (χ1v) is 8.54. The lowest BCUT2D eigenvalue weighted by Gasteiger charge is -2.30. The monoisotopic (exact) mass is 343 g/mol. The zero-order valence-electron chi connectivity index (χ0n) is 14.1. The van der Waals surface area contributed by atoms with E-state index >= 15 is 0 Å². The maximum atomic E-state index is 12.2. The Labute approximate surface area is 145 Å². The number of amides is 1. The molecule has 0 saturated carbocycles. The topological polar surface area (TPSA) is 107 Å². The molecule has 8 nitrogen and oxygen atoms in total. The van der Waals surface area contributed by atoms with Gasteiger partial charge in [-0.1, -0.05) is 6.92 Å². The van der Waals surface area contributed by atoms with Crippen molar-refractivity contribution in [2.45, 2.75) is 25.7 Å². The van der Waals surface area contributed by atoms with Crippen LogP contribution in [0.5, 0.6) is 0 Å². The predicted octanol–water partition coefficient (Wildman–Crippen LogP) is 1.52. The maximum absolute atomic E-state index is 12.2. The highest BCUT2D eigenvalue weighted by Gasteiger charge is 2.33. The van der Waals surface area contributed by atoms with E-state index in [9.17, 15) is 4.79 Å². The van der Waals surface area contributed by atoms with Crippen LogP contribution in [-0.2, 0) is 16.0 Å². The van der Waals surface area contributed by atoms with E-state index in [0.717, 1.165) is 23.5 Å². The molecule has 2 aliphatic heterocycles. The molecule has 1 unspecified atom stereocenters. The number of carbonyl (C=O) groups is 1. The lowest BCUT2D eigenvalue weighted by Crippen LogP contribution is -2.38. The summed E-state index contributed by atoms with van der Waals surface area (Å²) in [6.07, 6.45) is 1.07. The van der Waals surface area contributed by atoms with Crippen molar-refractivity contribution in [3.05, 3.63) is 29.2 Å². The van der Waals surface area contributed by atoms with E-state index in [-0.39, 0.29) is 18.2 Å². The second kappa shape index (κ2) is 6.36. The van der Waals surface area contributed by atoms with Crippen molar-refractivity contribution in [3.63, 3.8) is 0 Å². The van der Waals surface area contributed by atoms with Gasteiger partial charge in [-0.3, -0.25) is 4.79 Å². The molecule has 132 valence electrons. The Hall–Kier alpha value is -2.61. The van der Waals surface area contributed by atoms with Gasteiger partial charge in [-0.05, 0) is 12.1 Å². The number of nitrogen functional groups attached to an aromatic ring is 1. The fourth-order valence-electron chi connectivity index (χ4n) is 3.30. The number of hydrogen-bond acceptors (Lipinski definition) is 7. The molecule has 0 bridgehead atoms. The van der Waals surface area contributed by atoms with Crippen LogP contribution in [0.4, 0.5) is 17.6 Å². The SMILES string of the molecule is CCc1ccc(C2CC(=O)Nc3nc(N4CCOCC4)nc(N)c32)o1. The summed E-state index contributed by atoms with van der Waals surface area (Å²) in [5, 5.41) is 2.83. The van der Waals surface area contributed by atoms with E-state index in [0.29, 0.717) is 43.9 Å². The van der Waals surface area contributed by atoms with Crippen LogP contribution in [0.2, 0.25) is 0 Å². The van der Waals surface area contributed by atoms with E-state index in [2.05, 4.69) is 15.3 Å². The van der Waals surface area contributed by atoms with Gasteiger partial charge in [0.15, 0.2) is 0 Å². The van der Waals surface area contributed by atoms with Gasteiger partial charge in [-0.15, -0.1) is 0 Å². The summed E-state index contributed by atoms with van der Waals surface area (Å²) < 4.78 is 11.2. The third-order valence-corrected chi connectivity index (χ3v) is 4.63. The third kappa shape index (κ3) is 2.93. The number of hydrogen-bond donors (Lipinski definition) is 2. The fourth-order valence-corrected chi connectivity index (χ4v) is 3.30. The van der Waals surface area contributed by atoms with Crippen LogP contribution in [-0.4, -0.2) is 42.2 Å². The van der Waals surface area contributed by atoms with Gasteiger partial charge in [0.1, 0.15) is 23.2 Å². The molecule has 0 aromatic carbocycles. The first-order valence-electron chi connectivity index (χ1n) is 8.54. The molecular formula is C17H21N5O3. The first kappa shape index (κ1) is 15.9. The van der Waals surface area contributed by atoms with Crippen LogP contribution in [0.1, 0.15) is 36.3 Å². The Morgan fingerprint density at radius 3 is 2.84 bits per heavy atom. The quantitative estimate of drug-likeness (QED) is 0.870. The Bertz CT molecular complexity index is 798. The van der Waals surface area contributed by atoms with Crippen molar-refractivity contribution in [2.24, 2.45) is 0 Å². The molecule has 4 rings (SSSR count). The van der Waals surface area contributed by atoms with Crippen LogP contribution in [0.15, 0.2) is 16.5 Å². The van der Waals surface area contributed by atoms with Gasteiger partial charge < -0.3 is 25.1 Å². The molecule has 0 aliphatic carbocycles. The van der Waals surface area contributed by atoms with Gasteiger partial charge in [0.25, 0.3) is 0 Å². The summed E-state index contributed by atoms with van der Waals surface area (Å²) >= 11 is 0. The molecule has 0 spiro atoms. The van der Waals surface area contributed by atoms with Crippen LogP contribution in [0.25, 0.3) is 0 Å². The summed E-state index contributed by atoms with van der Waals surface area (Å²) in [5.74, 6) is 2.62. The third-order valence-electron chi connectivity index (χ3n) is 4.63. The molecule has 3 N–H and O–H groups in total. The second-order valence-electron chi connectivity index (χ2n) is 6.23. The molecule has 25 heavy (non-hydrogen) atoms. The number of nitrogens with two attached hydrogens (primary N) is 1. The van der Waals surface area contributed by atoms with Crippen molar-refractivity contribution in [1.29, 1.82) is 0 Å². The molecule has 2 aromatic rings. The minimum absolute atomic E-state index is 0.0991. The lowest BCUT2D eigenvalue weighted by molar-refractivity contribution is -0.116. The Morgan fingerprint density at radius 1 is 1.32 bits per heavy atom. The summed E-state index contributed by atoms with van der Waals surface area (Å²) in [6.45, 7) is 4.68. The van der Waals surface area contributed by atoms with Crippen molar-refractivity contribution in [2.75, 3.05) is 42.3 Å². The van der Waals surface area contributed by atoms with Crippen molar-refractivity contribution in [3.8, 4) is 0 Å². The van der Waals surface area contributed by atoms with Crippen molar-refractivity contribution >= 4 is 23.5 Å². The fraction of sp³-hybridized carbons (Fsp3) is 0.471. The molecule has 4 heterocycles. The van der Waals surface area contributed by atoms with Crippen LogP contribution in [0, 0.1) is 0 Å². The molecule has 1 atom stereocenters. The number of nitrogens with one attached hydrogen (secondary N) is 1. The van der Waals surface area contributed by atoms with Crippen molar-refractivity contribution < 1.29 is 13.9 Å². The number of rotatable bonds is 3. The number of morpholine rings is 1. The molecule has 0 radical (unpaired) electrons. The lowest BCUT2D eigenvalue weighted by atomic mass is 9.90. The minimum atomic E-state index is -0.261. The zero-order chi connectivity index (χ0) is 17.4. The molecule has 8 heteroatoms. The highest BCUT2D eigenvalue weighted by molar-refractivity contribution is 5.95. The van der Waals surface area contributed by atoms with E-state index in [1.165, 1.54) is 0 Å². The van der Waals surface area contributed by atoms with E-state index < -0.39 is 0 Å². The average Bonchev–Trinajstić information content (AvgIpc) is 3.10. The standard InChI is InChI=1S/C17H21N5O3/c1-2-10-3-4-12(25-10)11-9-13(23)19-16-14(11)15(18)20-17(21-16)22-5-7-24-8-6-22/h3-4,11H,2,5-9H2,1H3,(H3,18,19,20,21,23). The molecule has 1 saturated heterocycles. The number of carbonyl (C=O) groups excluding carboxylic acids is 1. The Morgan fingerprint density at radius 2 is 2.12 bits per heavy atom. The number of nitrogens with zero attached hydrogens (tertiary/aromatic N) is 3. The number of anilines is 3. The molecule has 2 aromatic heterocycles. The van der Waals surface area contributed by atoms with E-state index in [4.69, 9.17) is 14.9 Å². The second-order valence-corrected chi connectivity index (χ2v) is 6.23. The van der Waals surface area contributed by atoms with Gasteiger partial charge in [0.2, 0.25) is 11.9 Å². The smallest absolute Gasteiger partial charge is 0.229 e. The highest BCUT2D eigenvalue weighted by Crippen LogP contribution is 2.40. The summed E-state index contributed by atoms with van der Waals surface area (Å²) in [6, 6.07) is 3.84. The van der Waals surface area contributed by atoms with E-state index in [1.807, 2.05) is 24.0 Å². The number of fused-ring (bicyclic) bond motifs is 1. The maximum Gasteiger partial charge on any atom is 0.229 e. The zero-order valence-corrected chi connectivity index (χ0v) is 14.1. The van der Waals surface area contributed by atoms with Crippen molar-refractivity contribution in [1.82, 2.24) is 9.97 Å². The summed E-state index contributed by atoms with van der Waals surface area (Å²) in [7, 11) is 0. The normalized spacial score (nSPS) is 20.3. The average molecular weight is 343 g/mol. The molecule has 1 fully saturated rings. The van der Waals surface area contributed by atoms with Gasteiger partial charge >= 0.3 is 0 Å². The summed E-state index contributed by atoms with van der Waals surface area (Å²) in [5.41, 5.74) is 6.99. The minimum Gasteiger partial charge on any atom is -0.465 e. The predicted molar refractivity (Wildman–Crippen MR) is 92.7 cm³/mol. The van der Waals surface area contributed by atoms with Gasteiger partial charge in [0, 0.05) is 31.5 Å². The van der Waals surface area contributed by atoms with Gasteiger partial charge in [0.05, 0.1) is 19.1 Å². The number of furan rings is 1. The van der Waals surface area contributed by atoms with Crippen LogP contribution < -0.4 is 16.0 Å². The number of ether oxygens (including phenoxy) is 1. The first-order chi connectivity index (χ1) is 12.2. The van der Waals surface area contributed by atoms with E-state index in [1.54, 1.807) is 0 Å². The molecule has 1 amide bonds. The summed E-state index contributed by atoms with van der Waals surface area (Å²) in [4.78, 5) is 23.2. The van der Waals surface area contributed by atoms with Gasteiger partial charge in [-0.2, -0.15) is 9.97 Å². The van der Waals surface area contributed by atoms with Gasteiger partial charge in [-0.25, -0.2) is 0 Å².